The standard InChI is InChI=1S/C18H25NO11S/c1-8(20)26-6-13-16(27-9(2)21)17(28-10(3)22)15(18(30-13)29-11(4)23)19-14(25)7-31-12(5)24/h13,15-18H,6-7H2,1-5H3,(H,19,25)/t13-,15-,16+,17-,18?/m1/s1. The molecule has 1 unspecified atom stereocenters. The minimum atomic E-state index is -1.47. The van der Waals surface area contributed by atoms with Crippen molar-refractivity contribution in [1.29, 1.82) is 0 Å². The summed E-state index contributed by atoms with van der Waals surface area (Å²) in [5.74, 6) is -3.89. The SMILES string of the molecule is CC(=O)OC[C@H]1OC(OC(C)=O)[C@H](NC(=O)CSC(C)=O)[C@@H](OC(C)=O)[C@H]1OC(C)=O. The molecule has 1 N–H and O–H groups in total. The number of nitrogens with one attached hydrogen (secondary N) is 1. The maximum atomic E-state index is 12.3. The maximum Gasteiger partial charge on any atom is 0.305 e. The summed E-state index contributed by atoms with van der Waals surface area (Å²) in [5, 5.41) is 2.18. The third kappa shape index (κ3) is 9.34. The van der Waals surface area contributed by atoms with Gasteiger partial charge in [-0.3, -0.25) is 28.8 Å². The molecule has 0 aromatic carbocycles. The van der Waals surface area contributed by atoms with Gasteiger partial charge in [0, 0.05) is 34.6 Å². The lowest BCUT2D eigenvalue weighted by Crippen LogP contribution is -2.67. The zero-order chi connectivity index (χ0) is 23.7. The Morgan fingerprint density at radius 1 is 0.806 bits per heavy atom. The van der Waals surface area contributed by atoms with Crippen LogP contribution in [-0.4, -0.2) is 77.9 Å². The molecule has 31 heavy (non-hydrogen) atoms. The van der Waals surface area contributed by atoms with Gasteiger partial charge in [0.05, 0.1) is 5.75 Å². The van der Waals surface area contributed by atoms with E-state index in [1.54, 1.807) is 0 Å². The molecule has 1 aliphatic rings. The van der Waals surface area contributed by atoms with Crippen molar-refractivity contribution in [3.8, 4) is 0 Å². The predicted molar refractivity (Wildman–Crippen MR) is 103 cm³/mol. The third-order valence-electron chi connectivity index (χ3n) is 3.72. The average Bonchev–Trinajstić information content (AvgIpc) is 2.62. The highest BCUT2D eigenvalue weighted by atomic mass is 32.2. The van der Waals surface area contributed by atoms with Crippen molar-refractivity contribution in [2.24, 2.45) is 0 Å². The van der Waals surface area contributed by atoms with Crippen molar-refractivity contribution in [1.82, 2.24) is 5.32 Å². The minimum absolute atomic E-state index is 0.263. The topological polar surface area (TPSA) is 161 Å². The molecule has 0 spiro atoms. The van der Waals surface area contributed by atoms with Crippen LogP contribution in [0.15, 0.2) is 0 Å². The second kappa shape index (κ2) is 12.2. The van der Waals surface area contributed by atoms with Crippen LogP contribution in [0.25, 0.3) is 0 Å². The number of ether oxygens (including phenoxy) is 5. The zero-order valence-electron chi connectivity index (χ0n) is 17.7. The smallest absolute Gasteiger partial charge is 0.305 e. The molecule has 13 heteroatoms. The van der Waals surface area contributed by atoms with E-state index in [9.17, 15) is 28.8 Å². The molecule has 5 atom stereocenters. The molecule has 0 bridgehead atoms. The molecule has 1 rings (SSSR count). The summed E-state index contributed by atoms with van der Waals surface area (Å²) in [7, 11) is 0. The second-order valence-electron chi connectivity index (χ2n) is 6.48. The van der Waals surface area contributed by atoms with Crippen molar-refractivity contribution < 1.29 is 52.5 Å². The summed E-state index contributed by atoms with van der Waals surface area (Å²) in [6.07, 6.45) is -5.31. The van der Waals surface area contributed by atoms with Crippen molar-refractivity contribution in [2.75, 3.05) is 12.4 Å². The molecule has 174 valence electrons. The first-order chi connectivity index (χ1) is 14.4. The van der Waals surface area contributed by atoms with E-state index in [4.69, 9.17) is 23.7 Å². The largest absolute Gasteiger partial charge is 0.463 e. The van der Waals surface area contributed by atoms with E-state index >= 15 is 0 Å². The Hall–Kier alpha value is -2.67. The van der Waals surface area contributed by atoms with Gasteiger partial charge in [0.2, 0.25) is 12.2 Å². The number of carbonyl (C=O) groups is 6. The fourth-order valence-electron chi connectivity index (χ4n) is 2.71. The summed E-state index contributed by atoms with van der Waals surface area (Å²) in [4.78, 5) is 69.6. The summed E-state index contributed by atoms with van der Waals surface area (Å²) in [6, 6.07) is -1.29. The van der Waals surface area contributed by atoms with Gasteiger partial charge in [0.25, 0.3) is 0 Å². The fourth-order valence-corrected chi connectivity index (χ4v) is 3.13. The van der Waals surface area contributed by atoms with E-state index in [0.717, 1.165) is 39.5 Å². The van der Waals surface area contributed by atoms with E-state index in [-0.39, 0.29) is 10.9 Å². The van der Waals surface area contributed by atoms with E-state index in [0.29, 0.717) is 0 Å². The molecule has 0 saturated carbocycles. The predicted octanol–water partition coefficient (Wildman–Crippen LogP) is -0.535. The van der Waals surface area contributed by atoms with Crippen LogP contribution in [0.1, 0.15) is 34.6 Å². The number of hydrogen-bond donors (Lipinski definition) is 1. The number of hydrogen-bond acceptors (Lipinski definition) is 12. The molecule has 0 aromatic rings. The summed E-state index contributed by atoms with van der Waals surface area (Å²) in [6.45, 7) is 5.29. The summed E-state index contributed by atoms with van der Waals surface area (Å²) in [5.41, 5.74) is 0. The molecule has 0 radical (unpaired) electrons. The molecule has 1 heterocycles. The van der Waals surface area contributed by atoms with Gasteiger partial charge in [-0.2, -0.15) is 0 Å². The van der Waals surface area contributed by atoms with Crippen molar-refractivity contribution >= 4 is 46.7 Å². The van der Waals surface area contributed by atoms with Crippen LogP contribution < -0.4 is 5.32 Å². The van der Waals surface area contributed by atoms with E-state index in [1.807, 2.05) is 0 Å². The summed E-state index contributed by atoms with van der Waals surface area (Å²) < 4.78 is 26.2. The van der Waals surface area contributed by atoms with Crippen LogP contribution >= 0.6 is 11.8 Å². The Morgan fingerprint density at radius 2 is 1.35 bits per heavy atom. The Labute approximate surface area is 182 Å². The van der Waals surface area contributed by atoms with Crippen LogP contribution in [-0.2, 0) is 52.5 Å². The van der Waals surface area contributed by atoms with Gasteiger partial charge in [-0.1, -0.05) is 11.8 Å². The van der Waals surface area contributed by atoms with Gasteiger partial charge in [0.1, 0.15) is 18.8 Å². The van der Waals surface area contributed by atoms with Crippen LogP contribution in [0.5, 0.6) is 0 Å². The highest BCUT2D eigenvalue weighted by Crippen LogP contribution is 2.28. The fraction of sp³-hybridized carbons (Fsp3) is 0.667. The first-order valence-electron chi connectivity index (χ1n) is 9.14. The number of carbonyl (C=O) groups excluding carboxylic acids is 6. The lowest BCUT2D eigenvalue weighted by atomic mass is 9.96. The summed E-state index contributed by atoms with van der Waals surface area (Å²) >= 11 is 0.731. The molecule has 0 aliphatic carbocycles. The van der Waals surface area contributed by atoms with Crippen LogP contribution in [0.2, 0.25) is 0 Å². The van der Waals surface area contributed by atoms with Crippen molar-refractivity contribution in [3.05, 3.63) is 0 Å². The first kappa shape index (κ1) is 26.4. The molecule has 1 aliphatic heterocycles. The maximum absolute atomic E-state index is 12.3. The number of thioether (sulfide) groups is 1. The highest BCUT2D eigenvalue weighted by Gasteiger charge is 2.52. The van der Waals surface area contributed by atoms with Crippen LogP contribution in [0.3, 0.4) is 0 Å². The van der Waals surface area contributed by atoms with E-state index in [2.05, 4.69) is 5.32 Å². The number of amides is 1. The first-order valence-corrected chi connectivity index (χ1v) is 10.1. The van der Waals surface area contributed by atoms with Gasteiger partial charge < -0.3 is 29.0 Å². The number of esters is 4. The highest BCUT2D eigenvalue weighted by molar-refractivity contribution is 8.14. The monoisotopic (exact) mass is 463 g/mol. The van der Waals surface area contributed by atoms with Gasteiger partial charge in [-0.05, 0) is 0 Å². The average molecular weight is 463 g/mol. The number of rotatable bonds is 8. The van der Waals surface area contributed by atoms with Gasteiger partial charge in [-0.25, -0.2) is 0 Å². The van der Waals surface area contributed by atoms with Crippen molar-refractivity contribution in [2.45, 2.75) is 65.3 Å². The Morgan fingerprint density at radius 3 is 1.84 bits per heavy atom. The molecule has 0 aromatic heterocycles. The van der Waals surface area contributed by atoms with Gasteiger partial charge in [0.15, 0.2) is 17.3 Å². The molecule has 12 nitrogen and oxygen atoms in total. The molecule has 1 fully saturated rings. The normalized spacial score (nSPS) is 25.0. The van der Waals surface area contributed by atoms with Crippen LogP contribution in [0.4, 0.5) is 0 Å². The second-order valence-corrected chi connectivity index (χ2v) is 7.63. The minimum Gasteiger partial charge on any atom is -0.463 e. The zero-order valence-corrected chi connectivity index (χ0v) is 18.5. The Bertz CT molecular complexity index is 725. The van der Waals surface area contributed by atoms with Crippen LogP contribution in [0, 0.1) is 0 Å². The van der Waals surface area contributed by atoms with Gasteiger partial charge in [-0.15, -0.1) is 0 Å². The third-order valence-corrected chi connectivity index (χ3v) is 4.53. The van der Waals surface area contributed by atoms with Gasteiger partial charge >= 0.3 is 23.9 Å². The Balaban J connectivity index is 3.29. The lowest BCUT2D eigenvalue weighted by Gasteiger charge is -2.44. The van der Waals surface area contributed by atoms with E-state index < -0.39 is 67.0 Å². The molecule has 1 saturated heterocycles. The quantitative estimate of drug-likeness (QED) is 0.362. The molecule has 1 amide bonds. The molecular formula is C18H25NO11S. The van der Waals surface area contributed by atoms with Crippen molar-refractivity contribution in [3.63, 3.8) is 0 Å². The molecular weight excluding hydrogens is 438 g/mol. The van der Waals surface area contributed by atoms with E-state index in [1.165, 1.54) is 6.92 Å². The lowest BCUT2D eigenvalue weighted by molar-refractivity contribution is -0.270. The Kier molecular flexibility index (Phi) is 10.4.